The fourth-order valence-electron chi connectivity index (χ4n) is 1.94. The maximum atomic E-state index is 11.9. The van der Waals surface area contributed by atoms with Crippen LogP contribution in [0.25, 0.3) is 0 Å². The lowest BCUT2D eigenvalue weighted by atomic mass is 9.95. The molecule has 1 amide bonds. The first-order chi connectivity index (χ1) is 8.80. The van der Waals surface area contributed by atoms with Crippen LogP contribution in [0.3, 0.4) is 0 Å². The molecule has 1 aromatic rings. The molecule has 0 aromatic heterocycles. The maximum absolute atomic E-state index is 11.9. The first-order valence-electron chi connectivity index (χ1n) is 6.49. The summed E-state index contributed by atoms with van der Waals surface area (Å²) < 4.78 is 10.8. The number of rotatable bonds is 3. The fraction of sp³-hybridized carbons (Fsp3) is 0.533. The van der Waals surface area contributed by atoms with E-state index in [0.717, 1.165) is 5.56 Å². The molecule has 1 fully saturated rings. The van der Waals surface area contributed by atoms with E-state index < -0.39 is 11.7 Å². The van der Waals surface area contributed by atoms with Crippen LogP contribution in [0.2, 0.25) is 0 Å². The second-order valence-corrected chi connectivity index (χ2v) is 6.09. The second-order valence-electron chi connectivity index (χ2n) is 6.09. The Bertz CT molecular complexity index is 446. The predicted octanol–water partition coefficient (Wildman–Crippen LogP) is 3.04. The highest BCUT2D eigenvalue weighted by Crippen LogP contribution is 2.39. The molecule has 0 saturated carbocycles. The lowest BCUT2D eigenvalue weighted by Gasteiger charge is -2.26. The minimum Gasteiger partial charge on any atom is -0.444 e. The van der Waals surface area contributed by atoms with Gasteiger partial charge in [-0.1, -0.05) is 30.3 Å². The zero-order valence-electron chi connectivity index (χ0n) is 11.9. The molecule has 0 spiro atoms. The molecule has 1 N–H and O–H groups in total. The van der Waals surface area contributed by atoms with E-state index in [4.69, 9.17) is 9.47 Å². The standard InChI is InChI=1S/C15H21NO3/c1-14(2,3)19-13(17)16-12(15(4)10-18-15)11-8-6-5-7-9-11/h5-9,12H,10H2,1-4H3,(H,16,17). The van der Waals surface area contributed by atoms with Crippen LogP contribution in [-0.4, -0.2) is 23.9 Å². The number of carbonyl (C=O) groups is 1. The molecule has 1 aliphatic heterocycles. The van der Waals surface area contributed by atoms with Crippen molar-refractivity contribution < 1.29 is 14.3 Å². The molecule has 4 nitrogen and oxygen atoms in total. The molecule has 19 heavy (non-hydrogen) atoms. The number of benzene rings is 1. The molecule has 104 valence electrons. The van der Waals surface area contributed by atoms with Crippen molar-refractivity contribution in [2.24, 2.45) is 0 Å². The summed E-state index contributed by atoms with van der Waals surface area (Å²) in [5, 5.41) is 2.91. The zero-order chi connectivity index (χ0) is 14.1. The largest absolute Gasteiger partial charge is 0.444 e. The van der Waals surface area contributed by atoms with Gasteiger partial charge in [0.1, 0.15) is 11.2 Å². The molecule has 2 unspecified atom stereocenters. The highest BCUT2D eigenvalue weighted by molar-refractivity contribution is 5.68. The Hall–Kier alpha value is -1.55. The molecule has 4 heteroatoms. The Kier molecular flexibility index (Phi) is 3.54. The number of ether oxygens (including phenoxy) is 2. The van der Waals surface area contributed by atoms with Crippen molar-refractivity contribution >= 4 is 6.09 Å². The van der Waals surface area contributed by atoms with Crippen molar-refractivity contribution in [3.63, 3.8) is 0 Å². The average molecular weight is 263 g/mol. The van der Waals surface area contributed by atoms with E-state index >= 15 is 0 Å². The first kappa shape index (κ1) is 13.9. The third-order valence-electron chi connectivity index (χ3n) is 3.00. The van der Waals surface area contributed by atoms with E-state index in [1.54, 1.807) is 0 Å². The number of hydrogen-bond donors (Lipinski definition) is 1. The molecular weight excluding hydrogens is 242 g/mol. The number of hydrogen-bond acceptors (Lipinski definition) is 3. The van der Waals surface area contributed by atoms with Crippen LogP contribution < -0.4 is 5.32 Å². The van der Waals surface area contributed by atoms with Crippen LogP contribution in [0.4, 0.5) is 4.79 Å². The van der Waals surface area contributed by atoms with Crippen LogP contribution >= 0.6 is 0 Å². The number of carbonyl (C=O) groups excluding carboxylic acids is 1. The van der Waals surface area contributed by atoms with Gasteiger partial charge in [0.05, 0.1) is 12.6 Å². The monoisotopic (exact) mass is 263 g/mol. The van der Waals surface area contributed by atoms with Crippen molar-refractivity contribution in [3.05, 3.63) is 35.9 Å². The average Bonchev–Trinajstić information content (AvgIpc) is 3.04. The van der Waals surface area contributed by atoms with Crippen LogP contribution in [-0.2, 0) is 9.47 Å². The molecule has 2 rings (SSSR count). The third kappa shape index (κ3) is 3.70. The normalized spacial score (nSPS) is 23.6. The summed E-state index contributed by atoms with van der Waals surface area (Å²) in [6, 6.07) is 9.62. The number of alkyl carbamates (subject to hydrolysis) is 1. The maximum Gasteiger partial charge on any atom is 0.408 e. The van der Waals surface area contributed by atoms with Gasteiger partial charge in [0.2, 0.25) is 0 Å². The fourth-order valence-corrected chi connectivity index (χ4v) is 1.94. The molecule has 1 aromatic carbocycles. The summed E-state index contributed by atoms with van der Waals surface area (Å²) >= 11 is 0. The summed E-state index contributed by atoms with van der Waals surface area (Å²) in [6.45, 7) is 8.17. The van der Waals surface area contributed by atoms with Crippen molar-refractivity contribution in [3.8, 4) is 0 Å². The van der Waals surface area contributed by atoms with Crippen molar-refractivity contribution in [1.29, 1.82) is 0 Å². The SMILES string of the molecule is CC(C)(C)OC(=O)NC(c1ccccc1)C1(C)CO1. The lowest BCUT2D eigenvalue weighted by molar-refractivity contribution is 0.0475. The minimum atomic E-state index is -0.503. The van der Waals surface area contributed by atoms with Gasteiger partial charge >= 0.3 is 6.09 Å². The smallest absolute Gasteiger partial charge is 0.408 e. The van der Waals surface area contributed by atoms with Crippen LogP contribution in [0, 0.1) is 0 Å². The van der Waals surface area contributed by atoms with Gasteiger partial charge in [-0.2, -0.15) is 0 Å². The number of nitrogens with one attached hydrogen (secondary N) is 1. The first-order valence-corrected chi connectivity index (χ1v) is 6.49. The molecule has 1 heterocycles. The van der Waals surface area contributed by atoms with E-state index in [-0.39, 0.29) is 11.6 Å². The Balaban J connectivity index is 2.10. The molecule has 0 aliphatic carbocycles. The van der Waals surface area contributed by atoms with Gasteiger partial charge in [-0.15, -0.1) is 0 Å². The van der Waals surface area contributed by atoms with Crippen molar-refractivity contribution in [2.75, 3.05) is 6.61 Å². The molecular formula is C15H21NO3. The molecule has 0 radical (unpaired) electrons. The number of amides is 1. The quantitative estimate of drug-likeness (QED) is 0.853. The van der Waals surface area contributed by atoms with E-state index in [1.165, 1.54) is 0 Å². The van der Waals surface area contributed by atoms with E-state index in [2.05, 4.69) is 5.32 Å². The van der Waals surface area contributed by atoms with Gasteiger partial charge in [0.15, 0.2) is 0 Å². The minimum absolute atomic E-state index is 0.191. The summed E-state index contributed by atoms with van der Waals surface area (Å²) in [7, 11) is 0. The summed E-state index contributed by atoms with van der Waals surface area (Å²) in [4.78, 5) is 11.9. The highest BCUT2D eigenvalue weighted by atomic mass is 16.6. The zero-order valence-corrected chi connectivity index (χ0v) is 11.9. The Morgan fingerprint density at radius 3 is 2.42 bits per heavy atom. The number of epoxide rings is 1. The lowest BCUT2D eigenvalue weighted by Crippen LogP contribution is -2.40. The highest BCUT2D eigenvalue weighted by Gasteiger charge is 2.48. The summed E-state index contributed by atoms with van der Waals surface area (Å²) in [5.41, 5.74) is 0.183. The van der Waals surface area contributed by atoms with Gasteiger partial charge in [0, 0.05) is 0 Å². The van der Waals surface area contributed by atoms with Crippen molar-refractivity contribution in [1.82, 2.24) is 5.32 Å². The second kappa shape index (κ2) is 4.85. The Labute approximate surface area is 114 Å². The molecule has 1 saturated heterocycles. The van der Waals surface area contributed by atoms with Crippen molar-refractivity contribution in [2.45, 2.75) is 44.9 Å². The van der Waals surface area contributed by atoms with E-state index in [1.807, 2.05) is 58.0 Å². The van der Waals surface area contributed by atoms with Gasteiger partial charge in [-0.05, 0) is 33.3 Å². The molecule has 2 atom stereocenters. The van der Waals surface area contributed by atoms with Crippen LogP contribution in [0.5, 0.6) is 0 Å². The Morgan fingerprint density at radius 2 is 1.95 bits per heavy atom. The molecule has 0 bridgehead atoms. The summed E-state index contributed by atoms with van der Waals surface area (Å²) in [6.07, 6.45) is -0.418. The van der Waals surface area contributed by atoms with Gasteiger partial charge < -0.3 is 14.8 Å². The van der Waals surface area contributed by atoms with Crippen LogP contribution in [0.1, 0.15) is 39.3 Å². The Morgan fingerprint density at radius 1 is 1.37 bits per heavy atom. The van der Waals surface area contributed by atoms with E-state index in [0.29, 0.717) is 6.61 Å². The molecule has 1 aliphatic rings. The van der Waals surface area contributed by atoms with Crippen LogP contribution in [0.15, 0.2) is 30.3 Å². The summed E-state index contributed by atoms with van der Waals surface area (Å²) in [5.74, 6) is 0. The predicted molar refractivity (Wildman–Crippen MR) is 72.9 cm³/mol. The van der Waals surface area contributed by atoms with Gasteiger partial charge in [-0.25, -0.2) is 4.79 Å². The van der Waals surface area contributed by atoms with E-state index in [9.17, 15) is 4.79 Å². The van der Waals surface area contributed by atoms with Gasteiger partial charge in [-0.3, -0.25) is 0 Å². The third-order valence-corrected chi connectivity index (χ3v) is 3.00. The van der Waals surface area contributed by atoms with Gasteiger partial charge in [0.25, 0.3) is 0 Å². The topological polar surface area (TPSA) is 50.9 Å².